The van der Waals surface area contributed by atoms with Gasteiger partial charge in [0.25, 0.3) is 0 Å². The van der Waals surface area contributed by atoms with Crippen LogP contribution in [0.25, 0.3) is 0 Å². The van der Waals surface area contributed by atoms with Crippen molar-refractivity contribution in [1.82, 2.24) is 0 Å². The summed E-state index contributed by atoms with van der Waals surface area (Å²) in [7, 11) is 0. The average molecular weight is 216 g/mol. The summed E-state index contributed by atoms with van der Waals surface area (Å²) in [6.45, 7) is 2.98. The summed E-state index contributed by atoms with van der Waals surface area (Å²) in [6.07, 6.45) is 4.89. The fourth-order valence-corrected chi connectivity index (χ4v) is 2.31. The van der Waals surface area contributed by atoms with Gasteiger partial charge in [0, 0.05) is 0 Å². The van der Waals surface area contributed by atoms with Gasteiger partial charge in [0.2, 0.25) is 0 Å². The summed E-state index contributed by atoms with van der Waals surface area (Å²) in [5, 5.41) is 8.97. The van der Waals surface area contributed by atoms with E-state index in [4.69, 9.17) is 5.11 Å². The molecule has 0 radical (unpaired) electrons. The highest BCUT2D eigenvalue weighted by atomic mass is 19.1. The molecule has 1 N–H and O–H groups in total. The van der Waals surface area contributed by atoms with Crippen LogP contribution in [0.4, 0.5) is 4.39 Å². The van der Waals surface area contributed by atoms with Gasteiger partial charge in [0.05, 0.1) is 5.41 Å². The number of hydrogen-bond donors (Lipinski definition) is 1. The Bertz CT molecular complexity index is 218. The van der Waals surface area contributed by atoms with Gasteiger partial charge < -0.3 is 5.11 Å². The molecule has 2 nitrogen and oxygen atoms in total. The summed E-state index contributed by atoms with van der Waals surface area (Å²) >= 11 is 0. The zero-order valence-electron chi connectivity index (χ0n) is 9.63. The molecule has 1 aliphatic rings. The largest absolute Gasteiger partial charge is 0.481 e. The second-order valence-corrected chi connectivity index (χ2v) is 5.18. The SMILES string of the molecule is CC(C)(C(=O)O)C(F)C1CCCCCC1. The number of aliphatic carboxylic acids is 1. The predicted molar refractivity (Wildman–Crippen MR) is 57.5 cm³/mol. The molecule has 0 aromatic carbocycles. The van der Waals surface area contributed by atoms with Crippen LogP contribution in [0.1, 0.15) is 52.4 Å². The first-order chi connectivity index (χ1) is 6.96. The molecule has 0 spiro atoms. The van der Waals surface area contributed by atoms with E-state index in [0.29, 0.717) is 0 Å². The molecule has 1 rings (SSSR count). The lowest BCUT2D eigenvalue weighted by atomic mass is 9.78. The van der Waals surface area contributed by atoms with Crippen LogP contribution in [0.3, 0.4) is 0 Å². The van der Waals surface area contributed by atoms with Crippen molar-refractivity contribution in [2.45, 2.75) is 58.5 Å². The molecule has 0 heterocycles. The van der Waals surface area contributed by atoms with Gasteiger partial charge in [-0.1, -0.05) is 25.7 Å². The van der Waals surface area contributed by atoms with Crippen molar-refractivity contribution in [3.63, 3.8) is 0 Å². The first-order valence-corrected chi connectivity index (χ1v) is 5.83. The molecule has 3 heteroatoms. The predicted octanol–water partition coefficient (Wildman–Crippen LogP) is 3.41. The lowest BCUT2D eigenvalue weighted by Crippen LogP contribution is -2.39. The first kappa shape index (κ1) is 12.5. The molecule has 15 heavy (non-hydrogen) atoms. The number of carbonyl (C=O) groups is 1. The van der Waals surface area contributed by atoms with E-state index in [2.05, 4.69) is 0 Å². The lowest BCUT2D eigenvalue weighted by Gasteiger charge is -2.30. The number of halogens is 1. The van der Waals surface area contributed by atoms with Crippen molar-refractivity contribution >= 4 is 5.97 Å². The Morgan fingerprint density at radius 1 is 1.27 bits per heavy atom. The van der Waals surface area contributed by atoms with Crippen LogP contribution in [0.5, 0.6) is 0 Å². The van der Waals surface area contributed by atoms with Gasteiger partial charge in [0.1, 0.15) is 6.17 Å². The van der Waals surface area contributed by atoms with Crippen molar-refractivity contribution in [1.29, 1.82) is 0 Å². The molecule has 1 aliphatic carbocycles. The lowest BCUT2D eigenvalue weighted by molar-refractivity contribution is -0.152. The molecule has 0 aromatic heterocycles. The molecule has 0 saturated heterocycles. The van der Waals surface area contributed by atoms with Gasteiger partial charge in [-0.15, -0.1) is 0 Å². The van der Waals surface area contributed by atoms with Crippen molar-refractivity contribution in [3.05, 3.63) is 0 Å². The molecule has 0 aliphatic heterocycles. The van der Waals surface area contributed by atoms with Crippen LogP contribution in [0.2, 0.25) is 0 Å². The maximum atomic E-state index is 14.1. The number of hydrogen-bond acceptors (Lipinski definition) is 1. The molecule has 1 unspecified atom stereocenters. The van der Waals surface area contributed by atoms with Gasteiger partial charge in [-0.2, -0.15) is 0 Å². The van der Waals surface area contributed by atoms with Crippen LogP contribution in [-0.2, 0) is 4.79 Å². The summed E-state index contributed by atoms with van der Waals surface area (Å²) in [4.78, 5) is 11.0. The van der Waals surface area contributed by atoms with Crippen molar-refractivity contribution in [2.75, 3.05) is 0 Å². The van der Waals surface area contributed by atoms with E-state index < -0.39 is 17.6 Å². The Morgan fingerprint density at radius 2 is 1.73 bits per heavy atom. The third-order valence-electron chi connectivity index (χ3n) is 3.55. The van der Waals surface area contributed by atoms with E-state index in [1.807, 2.05) is 0 Å². The highest BCUT2D eigenvalue weighted by molar-refractivity contribution is 5.74. The smallest absolute Gasteiger partial charge is 0.312 e. The third-order valence-corrected chi connectivity index (χ3v) is 3.55. The molecule has 0 bridgehead atoms. The van der Waals surface area contributed by atoms with Crippen molar-refractivity contribution < 1.29 is 14.3 Å². The summed E-state index contributed by atoms with van der Waals surface area (Å²) in [5.74, 6) is -1.09. The van der Waals surface area contributed by atoms with Crippen LogP contribution < -0.4 is 0 Å². The molecular formula is C12H21FO2. The molecule has 1 fully saturated rings. The molecular weight excluding hydrogens is 195 g/mol. The van der Waals surface area contributed by atoms with Crippen LogP contribution >= 0.6 is 0 Å². The summed E-state index contributed by atoms with van der Waals surface area (Å²) < 4.78 is 14.1. The minimum absolute atomic E-state index is 0.0569. The topological polar surface area (TPSA) is 37.3 Å². The fraction of sp³-hybridized carbons (Fsp3) is 0.917. The maximum Gasteiger partial charge on any atom is 0.312 e. The van der Waals surface area contributed by atoms with Gasteiger partial charge in [0.15, 0.2) is 0 Å². The molecule has 88 valence electrons. The Balaban J connectivity index is 2.64. The maximum absolute atomic E-state index is 14.1. The van der Waals surface area contributed by atoms with Crippen LogP contribution in [0.15, 0.2) is 0 Å². The number of carboxylic acids is 1. The van der Waals surface area contributed by atoms with E-state index in [9.17, 15) is 9.18 Å². The van der Waals surface area contributed by atoms with E-state index in [-0.39, 0.29) is 5.92 Å². The van der Waals surface area contributed by atoms with Gasteiger partial charge in [-0.05, 0) is 32.6 Å². The van der Waals surface area contributed by atoms with Gasteiger partial charge in [-0.3, -0.25) is 4.79 Å². The first-order valence-electron chi connectivity index (χ1n) is 5.83. The van der Waals surface area contributed by atoms with Gasteiger partial charge in [-0.25, -0.2) is 4.39 Å². The molecule has 1 atom stereocenters. The fourth-order valence-electron chi connectivity index (χ4n) is 2.31. The van der Waals surface area contributed by atoms with E-state index >= 15 is 0 Å². The summed E-state index contributed by atoms with van der Waals surface area (Å²) in [5.41, 5.74) is -1.24. The average Bonchev–Trinajstić information content (AvgIpc) is 2.44. The van der Waals surface area contributed by atoms with E-state index in [1.165, 1.54) is 13.8 Å². The Labute approximate surface area is 90.9 Å². The van der Waals surface area contributed by atoms with E-state index in [0.717, 1.165) is 38.5 Å². The molecule has 0 aromatic rings. The zero-order chi connectivity index (χ0) is 11.5. The minimum Gasteiger partial charge on any atom is -0.481 e. The molecule has 0 amide bonds. The third kappa shape index (κ3) is 2.93. The highest BCUT2D eigenvalue weighted by Gasteiger charge is 2.41. The van der Waals surface area contributed by atoms with Gasteiger partial charge >= 0.3 is 5.97 Å². The van der Waals surface area contributed by atoms with E-state index in [1.54, 1.807) is 0 Å². The standard InChI is InChI=1S/C12H21FO2/c1-12(2,11(14)15)10(13)9-7-5-3-4-6-8-9/h9-10H,3-8H2,1-2H3,(H,14,15). The zero-order valence-corrected chi connectivity index (χ0v) is 9.63. The van der Waals surface area contributed by atoms with Crippen molar-refractivity contribution in [3.8, 4) is 0 Å². The Morgan fingerprint density at radius 3 is 2.13 bits per heavy atom. The normalized spacial score (nSPS) is 22.1. The Hall–Kier alpha value is -0.600. The quantitative estimate of drug-likeness (QED) is 0.734. The van der Waals surface area contributed by atoms with Crippen molar-refractivity contribution in [2.24, 2.45) is 11.3 Å². The second kappa shape index (κ2) is 4.95. The Kier molecular flexibility index (Phi) is 4.12. The molecule has 1 saturated carbocycles. The monoisotopic (exact) mass is 216 g/mol. The second-order valence-electron chi connectivity index (χ2n) is 5.18. The number of alkyl halides is 1. The number of rotatable bonds is 3. The summed E-state index contributed by atoms with van der Waals surface area (Å²) in [6, 6.07) is 0. The number of carboxylic acid groups (broad SMARTS) is 1. The minimum atomic E-state index is -1.24. The van der Waals surface area contributed by atoms with Crippen LogP contribution in [0, 0.1) is 11.3 Å². The van der Waals surface area contributed by atoms with Crippen LogP contribution in [-0.4, -0.2) is 17.2 Å². The highest BCUT2D eigenvalue weighted by Crippen LogP contribution is 2.36.